The SMILES string of the molecule is Nc1cc(C(=O)N2CCCCO2)ccc1OC(F)(F)F. The normalized spacial score (nSPS) is 16.1. The van der Waals surface area contributed by atoms with Gasteiger partial charge in [-0.3, -0.25) is 9.63 Å². The van der Waals surface area contributed by atoms with E-state index in [4.69, 9.17) is 10.6 Å². The third-order valence-electron chi connectivity index (χ3n) is 2.71. The quantitative estimate of drug-likeness (QED) is 0.849. The minimum atomic E-state index is -4.82. The second-order valence-corrected chi connectivity index (χ2v) is 4.25. The lowest BCUT2D eigenvalue weighted by molar-refractivity contribution is -0.274. The highest BCUT2D eigenvalue weighted by atomic mass is 19.4. The first-order valence-corrected chi connectivity index (χ1v) is 5.97. The Morgan fingerprint density at radius 2 is 2.10 bits per heavy atom. The van der Waals surface area contributed by atoms with Crippen LogP contribution >= 0.6 is 0 Å². The number of nitrogens with zero attached hydrogens (tertiary/aromatic N) is 1. The van der Waals surface area contributed by atoms with Crippen LogP contribution in [0.3, 0.4) is 0 Å². The van der Waals surface area contributed by atoms with Gasteiger partial charge in [0, 0.05) is 12.1 Å². The zero-order chi connectivity index (χ0) is 14.8. The van der Waals surface area contributed by atoms with Crippen molar-refractivity contribution >= 4 is 11.6 Å². The van der Waals surface area contributed by atoms with Gasteiger partial charge < -0.3 is 10.5 Å². The third-order valence-corrected chi connectivity index (χ3v) is 2.71. The molecule has 0 radical (unpaired) electrons. The smallest absolute Gasteiger partial charge is 0.404 e. The van der Waals surface area contributed by atoms with Gasteiger partial charge in [0.15, 0.2) is 5.75 Å². The standard InChI is InChI=1S/C12H13F3N2O3/c13-12(14,15)20-10-4-3-8(7-9(10)16)11(18)17-5-1-2-6-19-17/h3-4,7H,1-2,5-6,16H2. The van der Waals surface area contributed by atoms with Crippen molar-refractivity contribution in [1.82, 2.24) is 5.06 Å². The van der Waals surface area contributed by atoms with Gasteiger partial charge in [0.25, 0.3) is 5.91 Å². The van der Waals surface area contributed by atoms with Crippen molar-refractivity contribution < 1.29 is 27.5 Å². The summed E-state index contributed by atoms with van der Waals surface area (Å²) in [5, 5.41) is 1.18. The van der Waals surface area contributed by atoms with Crippen LogP contribution in [0.25, 0.3) is 0 Å². The number of hydroxylamine groups is 2. The van der Waals surface area contributed by atoms with E-state index in [0.717, 1.165) is 25.0 Å². The molecule has 0 spiro atoms. The van der Waals surface area contributed by atoms with E-state index >= 15 is 0 Å². The molecule has 0 bridgehead atoms. The summed E-state index contributed by atoms with van der Waals surface area (Å²) >= 11 is 0. The molecule has 1 aliphatic rings. The molecular weight excluding hydrogens is 277 g/mol. The number of anilines is 1. The Bertz CT molecular complexity index is 499. The maximum absolute atomic E-state index is 12.1. The Balaban J connectivity index is 2.13. The molecule has 0 unspecified atom stereocenters. The average molecular weight is 290 g/mol. The lowest BCUT2D eigenvalue weighted by Gasteiger charge is -2.26. The number of nitrogen functional groups attached to an aromatic ring is 1. The molecule has 1 fully saturated rings. The van der Waals surface area contributed by atoms with Crippen molar-refractivity contribution in [2.45, 2.75) is 19.2 Å². The Labute approximate surface area is 113 Å². The van der Waals surface area contributed by atoms with Crippen LogP contribution in [-0.4, -0.2) is 30.5 Å². The molecule has 1 saturated heterocycles. The summed E-state index contributed by atoms with van der Waals surface area (Å²) in [4.78, 5) is 17.2. The van der Waals surface area contributed by atoms with Crippen molar-refractivity contribution in [2.75, 3.05) is 18.9 Å². The number of carbonyl (C=O) groups is 1. The number of hydrogen-bond acceptors (Lipinski definition) is 4. The molecule has 0 atom stereocenters. The van der Waals surface area contributed by atoms with Crippen LogP contribution < -0.4 is 10.5 Å². The lowest BCUT2D eigenvalue weighted by atomic mass is 10.1. The fourth-order valence-electron chi connectivity index (χ4n) is 1.80. The van der Waals surface area contributed by atoms with Gasteiger partial charge in [-0.25, -0.2) is 5.06 Å². The molecular formula is C12H13F3N2O3. The van der Waals surface area contributed by atoms with Crippen LogP contribution in [0.4, 0.5) is 18.9 Å². The van der Waals surface area contributed by atoms with Gasteiger partial charge in [-0.1, -0.05) is 0 Å². The third kappa shape index (κ3) is 3.53. The predicted octanol–water partition coefficient (Wildman–Crippen LogP) is 2.34. The fraction of sp³-hybridized carbons (Fsp3) is 0.417. The monoisotopic (exact) mass is 290 g/mol. The van der Waals surface area contributed by atoms with Crippen LogP contribution in [0.2, 0.25) is 0 Å². The fourth-order valence-corrected chi connectivity index (χ4v) is 1.80. The van der Waals surface area contributed by atoms with E-state index in [9.17, 15) is 18.0 Å². The number of carbonyl (C=O) groups excluding carboxylic acids is 1. The number of halogens is 3. The molecule has 0 aromatic heterocycles. The molecule has 1 aromatic rings. The van der Waals surface area contributed by atoms with Crippen molar-refractivity contribution in [3.63, 3.8) is 0 Å². The van der Waals surface area contributed by atoms with Crippen LogP contribution in [0.15, 0.2) is 18.2 Å². The van der Waals surface area contributed by atoms with E-state index in [1.54, 1.807) is 0 Å². The molecule has 2 N–H and O–H groups in total. The molecule has 0 aliphatic carbocycles. The van der Waals surface area contributed by atoms with Crippen molar-refractivity contribution in [3.05, 3.63) is 23.8 Å². The maximum Gasteiger partial charge on any atom is 0.573 e. The summed E-state index contributed by atoms with van der Waals surface area (Å²) in [5.41, 5.74) is 5.35. The first-order valence-electron chi connectivity index (χ1n) is 5.97. The molecule has 1 aromatic carbocycles. The second kappa shape index (κ2) is 5.58. The lowest BCUT2D eigenvalue weighted by Crippen LogP contribution is -2.35. The maximum atomic E-state index is 12.1. The van der Waals surface area contributed by atoms with Crippen molar-refractivity contribution in [3.8, 4) is 5.75 Å². The Morgan fingerprint density at radius 1 is 1.35 bits per heavy atom. The van der Waals surface area contributed by atoms with Gasteiger partial charge in [0.05, 0.1) is 12.3 Å². The van der Waals surface area contributed by atoms with Gasteiger partial charge >= 0.3 is 6.36 Å². The summed E-state index contributed by atoms with van der Waals surface area (Å²) in [6.07, 6.45) is -3.14. The van der Waals surface area contributed by atoms with E-state index in [0.29, 0.717) is 13.2 Å². The Morgan fingerprint density at radius 3 is 2.65 bits per heavy atom. The van der Waals surface area contributed by atoms with Crippen LogP contribution in [0.5, 0.6) is 5.75 Å². The van der Waals surface area contributed by atoms with Gasteiger partial charge in [-0.15, -0.1) is 13.2 Å². The minimum Gasteiger partial charge on any atom is -0.404 e. The first-order chi connectivity index (χ1) is 9.37. The molecule has 1 heterocycles. The highest BCUT2D eigenvalue weighted by molar-refractivity contribution is 5.94. The number of nitrogens with two attached hydrogens (primary N) is 1. The second-order valence-electron chi connectivity index (χ2n) is 4.25. The Kier molecular flexibility index (Phi) is 4.03. The van der Waals surface area contributed by atoms with E-state index in [1.165, 1.54) is 11.1 Å². The zero-order valence-corrected chi connectivity index (χ0v) is 10.4. The molecule has 5 nitrogen and oxygen atoms in total. The average Bonchev–Trinajstić information content (AvgIpc) is 2.40. The van der Waals surface area contributed by atoms with Crippen molar-refractivity contribution in [2.24, 2.45) is 0 Å². The number of amides is 1. The summed E-state index contributed by atoms with van der Waals surface area (Å²) in [6, 6.07) is 3.37. The molecule has 2 rings (SSSR count). The summed E-state index contributed by atoms with van der Waals surface area (Å²) < 4.78 is 40.0. The number of alkyl halides is 3. The van der Waals surface area contributed by atoms with E-state index < -0.39 is 18.0 Å². The van der Waals surface area contributed by atoms with Crippen LogP contribution in [-0.2, 0) is 4.84 Å². The topological polar surface area (TPSA) is 64.8 Å². The highest BCUT2D eigenvalue weighted by Gasteiger charge is 2.32. The summed E-state index contributed by atoms with van der Waals surface area (Å²) in [7, 11) is 0. The van der Waals surface area contributed by atoms with E-state index in [1.807, 2.05) is 0 Å². The first kappa shape index (κ1) is 14.4. The van der Waals surface area contributed by atoms with Crippen LogP contribution in [0.1, 0.15) is 23.2 Å². The highest BCUT2D eigenvalue weighted by Crippen LogP contribution is 2.29. The molecule has 1 amide bonds. The predicted molar refractivity (Wildman–Crippen MR) is 63.8 cm³/mol. The molecule has 110 valence electrons. The van der Waals surface area contributed by atoms with Gasteiger partial charge in [0.2, 0.25) is 0 Å². The number of hydrogen-bond donors (Lipinski definition) is 1. The van der Waals surface area contributed by atoms with Gasteiger partial charge in [0.1, 0.15) is 0 Å². The Hall–Kier alpha value is -1.96. The van der Waals surface area contributed by atoms with Gasteiger partial charge in [-0.05, 0) is 31.0 Å². The van der Waals surface area contributed by atoms with Crippen molar-refractivity contribution in [1.29, 1.82) is 0 Å². The van der Waals surface area contributed by atoms with Gasteiger partial charge in [-0.2, -0.15) is 0 Å². The zero-order valence-electron chi connectivity index (χ0n) is 10.4. The summed E-state index contributed by atoms with van der Waals surface area (Å²) in [5.74, 6) is -0.969. The number of rotatable bonds is 2. The number of benzene rings is 1. The van der Waals surface area contributed by atoms with E-state index in [2.05, 4.69) is 4.74 Å². The number of ether oxygens (including phenoxy) is 1. The van der Waals surface area contributed by atoms with Crippen LogP contribution in [0, 0.1) is 0 Å². The minimum absolute atomic E-state index is 0.152. The molecule has 8 heteroatoms. The molecule has 0 saturated carbocycles. The molecule has 1 aliphatic heterocycles. The largest absolute Gasteiger partial charge is 0.573 e. The molecule has 20 heavy (non-hydrogen) atoms. The van der Waals surface area contributed by atoms with E-state index in [-0.39, 0.29) is 11.3 Å². The summed E-state index contributed by atoms with van der Waals surface area (Å²) in [6.45, 7) is 0.885.